The fraction of sp³-hybridized carbons (Fsp3) is 0.588. The predicted molar refractivity (Wildman–Crippen MR) is 83.8 cm³/mol. The molecule has 122 valence electrons. The number of rotatable bonds is 5. The van der Waals surface area contributed by atoms with Gasteiger partial charge in [0.05, 0.1) is 11.8 Å². The second-order valence-electron chi connectivity index (χ2n) is 6.79. The lowest BCUT2D eigenvalue weighted by Gasteiger charge is -2.31. The largest absolute Gasteiger partial charge is 0.472 e. The Hall–Kier alpha value is -2.11. The van der Waals surface area contributed by atoms with Gasteiger partial charge in [-0.1, -0.05) is 0 Å². The van der Waals surface area contributed by atoms with E-state index in [2.05, 4.69) is 14.8 Å². The summed E-state index contributed by atoms with van der Waals surface area (Å²) in [7, 11) is 0. The molecule has 0 atom stereocenters. The maximum atomic E-state index is 12.3. The second kappa shape index (κ2) is 6.18. The molecule has 0 N–H and O–H groups in total. The van der Waals surface area contributed by atoms with Gasteiger partial charge in [0.2, 0.25) is 0 Å². The lowest BCUT2D eigenvalue weighted by molar-refractivity contribution is 0.0688. The summed E-state index contributed by atoms with van der Waals surface area (Å²) in [4.78, 5) is 14.2. The summed E-state index contributed by atoms with van der Waals surface area (Å²) in [5.41, 5.74) is 0.646. The maximum absolute atomic E-state index is 12.3. The number of aromatic nitrogens is 3. The van der Waals surface area contributed by atoms with E-state index in [1.165, 1.54) is 19.1 Å². The number of piperidine rings is 1. The van der Waals surface area contributed by atoms with Crippen molar-refractivity contribution in [3.8, 4) is 0 Å². The molecule has 2 aromatic heterocycles. The van der Waals surface area contributed by atoms with E-state index in [1.807, 2.05) is 11.2 Å². The topological polar surface area (TPSA) is 64.2 Å². The first kappa shape index (κ1) is 14.5. The van der Waals surface area contributed by atoms with E-state index in [1.54, 1.807) is 12.3 Å². The zero-order valence-electron chi connectivity index (χ0n) is 13.2. The average molecular weight is 314 g/mol. The molecule has 23 heavy (non-hydrogen) atoms. The Morgan fingerprint density at radius 1 is 1.22 bits per heavy atom. The molecule has 0 unspecified atom stereocenters. The van der Waals surface area contributed by atoms with Gasteiger partial charge >= 0.3 is 0 Å². The van der Waals surface area contributed by atoms with Crippen LogP contribution in [0.25, 0.3) is 0 Å². The molecule has 1 amide bonds. The van der Waals surface area contributed by atoms with Crippen molar-refractivity contribution in [1.29, 1.82) is 0 Å². The zero-order chi connectivity index (χ0) is 15.6. The normalized spacial score (nSPS) is 19.2. The number of furan rings is 1. The van der Waals surface area contributed by atoms with E-state index in [-0.39, 0.29) is 5.91 Å². The number of hydrogen-bond donors (Lipinski definition) is 0. The van der Waals surface area contributed by atoms with Gasteiger partial charge in [-0.2, -0.15) is 0 Å². The first-order chi connectivity index (χ1) is 11.3. The molecule has 2 fully saturated rings. The smallest absolute Gasteiger partial charge is 0.257 e. The Balaban J connectivity index is 1.31. The molecule has 4 rings (SSSR count). The third-order valence-corrected chi connectivity index (χ3v) is 4.99. The van der Waals surface area contributed by atoms with Gasteiger partial charge in [0, 0.05) is 26.1 Å². The van der Waals surface area contributed by atoms with Crippen LogP contribution in [0.3, 0.4) is 0 Å². The van der Waals surface area contributed by atoms with Crippen LogP contribution >= 0.6 is 0 Å². The molecule has 6 nitrogen and oxygen atoms in total. The first-order valence-electron chi connectivity index (χ1n) is 8.48. The maximum Gasteiger partial charge on any atom is 0.257 e. The van der Waals surface area contributed by atoms with E-state index in [9.17, 15) is 4.79 Å². The van der Waals surface area contributed by atoms with Crippen molar-refractivity contribution in [2.75, 3.05) is 13.1 Å². The molecule has 1 saturated heterocycles. The lowest BCUT2D eigenvalue weighted by Crippen LogP contribution is -2.38. The predicted octanol–water partition coefficient (Wildman–Crippen LogP) is 2.38. The van der Waals surface area contributed by atoms with E-state index in [0.29, 0.717) is 11.5 Å². The molecule has 2 aliphatic rings. The summed E-state index contributed by atoms with van der Waals surface area (Å²) in [6, 6.07) is 1.73. The van der Waals surface area contributed by atoms with Gasteiger partial charge in [-0.15, -0.1) is 10.2 Å². The van der Waals surface area contributed by atoms with Crippen LogP contribution in [0.1, 0.15) is 41.9 Å². The summed E-state index contributed by atoms with van der Waals surface area (Å²) < 4.78 is 7.22. The van der Waals surface area contributed by atoms with Crippen molar-refractivity contribution >= 4 is 5.91 Å². The first-order valence-corrected chi connectivity index (χ1v) is 8.48. The Morgan fingerprint density at radius 2 is 2.04 bits per heavy atom. The lowest BCUT2D eigenvalue weighted by atomic mass is 9.93. The fourth-order valence-electron chi connectivity index (χ4n) is 3.34. The minimum Gasteiger partial charge on any atom is -0.472 e. The minimum absolute atomic E-state index is 0.0779. The fourth-order valence-corrected chi connectivity index (χ4v) is 3.34. The van der Waals surface area contributed by atoms with Crippen molar-refractivity contribution in [3.05, 3.63) is 36.3 Å². The Morgan fingerprint density at radius 3 is 2.74 bits per heavy atom. The van der Waals surface area contributed by atoms with Gasteiger partial charge in [0.15, 0.2) is 0 Å². The van der Waals surface area contributed by atoms with Crippen molar-refractivity contribution in [1.82, 2.24) is 19.7 Å². The van der Waals surface area contributed by atoms with Crippen molar-refractivity contribution < 1.29 is 9.21 Å². The number of carbonyl (C=O) groups is 1. The highest BCUT2D eigenvalue weighted by Crippen LogP contribution is 2.31. The van der Waals surface area contributed by atoms with E-state index in [0.717, 1.165) is 50.6 Å². The monoisotopic (exact) mass is 314 g/mol. The zero-order valence-corrected chi connectivity index (χ0v) is 13.2. The van der Waals surface area contributed by atoms with Gasteiger partial charge in [0.1, 0.15) is 18.4 Å². The van der Waals surface area contributed by atoms with Crippen LogP contribution in [0.4, 0.5) is 0 Å². The molecule has 0 aromatic carbocycles. The van der Waals surface area contributed by atoms with Crippen molar-refractivity contribution in [3.63, 3.8) is 0 Å². The van der Waals surface area contributed by atoms with Gasteiger partial charge in [0.25, 0.3) is 5.91 Å². The van der Waals surface area contributed by atoms with Gasteiger partial charge in [-0.3, -0.25) is 4.79 Å². The Kier molecular flexibility index (Phi) is 3.89. The molecule has 6 heteroatoms. The van der Waals surface area contributed by atoms with Crippen LogP contribution in [0.15, 0.2) is 29.3 Å². The van der Waals surface area contributed by atoms with Crippen LogP contribution in [0, 0.1) is 11.8 Å². The SMILES string of the molecule is O=C(c1ccoc1)N1CCC(Cc2nncn2CC2CC2)CC1. The highest BCUT2D eigenvalue weighted by Gasteiger charge is 2.27. The number of amides is 1. The molecular weight excluding hydrogens is 292 g/mol. The standard InChI is InChI=1S/C17H22N4O2/c22-17(15-5-8-23-11-15)20-6-3-13(4-7-20)9-16-19-18-12-21(16)10-14-1-2-14/h5,8,11-14H,1-4,6-7,9-10H2. The summed E-state index contributed by atoms with van der Waals surface area (Å²) in [6.45, 7) is 2.69. The van der Waals surface area contributed by atoms with Crippen LogP contribution in [-0.4, -0.2) is 38.7 Å². The summed E-state index contributed by atoms with van der Waals surface area (Å²) >= 11 is 0. The molecule has 0 spiro atoms. The number of nitrogens with zero attached hydrogens (tertiary/aromatic N) is 4. The number of hydrogen-bond acceptors (Lipinski definition) is 4. The number of carbonyl (C=O) groups excluding carboxylic acids is 1. The third-order valence-electron chi connectivity index (χ3n) is 4.99. The van der Waals surface area contributed by atoms with Crippen LogP contribution in [0.5, 0.6) is 0 Å². The molecule has 1 saturated carbocycles. The van der Waals surface area contributed by atoms with Crippen LogP contribution in [-0.2, 0) is 13.0 Å². The second-order valence-corrected chi connectivity index (χ2v) is 6.79. The molecule has 1 aliphatic heterocycles. The van der Waals surface area contributed by atoms with Crippen molar-refractivity contribution in [2.45, 2.75) is 38.6 Å². The average Bonchev–Trinajstić information content (AvgIpc) is 3.04. The van der Waals surface area contributed by atoms with E-state index in [4.69, 9.17) is 4.42 Å². The molecular formula is C17H22N4O2. The molecule has 1 aliphatic carbocycles. The van der Waals surface area contributed by atoms with E-state index < -0.39 is 0 Å². The van der Waals surface area contributed by atoms with Crippen molar-refractivity contribution in [2.24, 2.45) is 11.8 Å². The Labute approximate surface area is 135 Å². The van der Waals surface area contributed by atoms with E-state index >= 15 is 0 Å². The number of likely N-dealkylation sites (tertiary alicyclic amines) is 1. The highest BCUT2D eigenvalue weighted by atomic mass is 16.3. The van der Waals surface area contributed by atoms with Crippen LogP contribution < -0.4 is 0 Å². The summed E-state index contributed by atoms with van der Waals surface area (Å²) in [6.07, 6.45) is 10.6. The third kappa shape index (κ3) is 3.30. The summed E-state index contributed by atoms with van der Waals surface area (Å²) in [5.74, 6) is 2.61. The van der Waals surface area contributed by atoms with Gasteiger partial charge < -0.3 is 13.9 Å². The minimum atomic E-state index is 0.0779. The molecule has 0 radical (unpaired) electrons. The Bertz CT molecular complexity index is 652. The van der Waals surface area contributed by atoms with Gasteiger partial charge in [-0.05, 0) is 43.6 Å². The summed E-state index contributed by atoms with van der Waals surface area (Å²) in [5, 5.41) is 8.39. The van der Waals surface area contributed by atoms with Gasteiger partial charge in [-0.25, -0.2) is 0 Å². The van der Waals surface area contributed by atoms with Crippen LogP contribution in [0.2, 0.25) is 0 Å². The molecule has 3 heterocycles. The quantitative estimate of drug-likeness (QED) is 0.850. The molecule has 0 bridgehead atoms. The molecule has 2 aromatic rings. The highest BCUT2D eigenvalue weighted by molar-refractivity contribution is 5.93.